The molecule has 0 aliphatic carbocycles. The third kappa shape index (κ3) is 4.15. The second-order valence-electron chi connectivity index (χ2n) is 13.6. The van der Waals surface area contributed by atoms with Gasteiger partial charge in [-0.2, -0.15) is 0 Å². The number of hydrogen-bond donors (Lipinski definition) is 0. The molecule has 0 N–H and O–H groups in total. The van der Waals surface area contributed by atoms with Crippen molar-refractivity contribution >= 4 is 45.3 Å². The highest BCUT2D eigenvalue weighted by molar-refractivity contribution is 8.00. The van der Waals surface area contributed by atoms with Crippen LogP contribution in [0.5, 0.6) is 0 Å². The first kappa shape index (κ1) is 29.9. The lowest BCUT2D eigenvalue weighted by Crippen LogP contribution is -2.37. The van der Waals surface area contributed by atoms with Gasteiger partial charge in [0.05, 0.1) is 16.4 Å². The van der Waals surface area contributed by atoms with E-state index in [9.17, 15) is 0 Å². The van der Waals surface area contributed by atoms with Crippen LogP contribution >= 0.6 is 23.5 Å². The average molecular weight is 698 g/mol. The topological polar surface area (TPSA) is 4.93 Å². The van der Waals surface area contributed by atoms with Gasteiger partial charge in [-0.1, -0.05) is 181 Å². The Morgan fingerprint density at radius 3 is 1.62 bits per heavy atom. The molecule has 0 saturated carbocycles. The highest BCUT2D eigenvalue weighted by atomic mass is 32.2. The first-order chi connectivity index (χ1) is 25.8. The summed E-state index contributed by atoms with van der Waals surface area (Å²) in [6, 6.07) is 69.7. The lowest BCUT2D eigenvalue weighted by molar-refractivity contribution is 0.668. The Kier molecular flexibility index (Phi) is 6.70. The summed E-state index contributed by atoms with van der Waals surface area (Å²) in [6.45, 7) is 0. The summed E-state index contributed by atoms with van der Waals surface area (Å²) >= 11 is 3.84. The molecule has 0 radical (unpaired) electrons. The lowest BCUT2D eigenvalue weighted by atomic mass is 9.64. The van der Waals surface area contributed by atoms with Crippen LogP contribution in [0.1, 0.15) is 22.3 Å². The van der Waals surface area contributed by atoms with Gasteiger partial charge in [-0.05, 0) is 69.3 Å². The van der Waals surface area contributed by atoms with Crippen LogP contribution in [-0.4, -0.2) is 4.57 Å². The van der Waals surface area contributed by atoms with Gasteiger partial charge in [-0.15, -0.1) is 0 Å². The Bertz CT molecular complexity index is 2810. The Labute approximate surface area is 311 Å². The van der Waals surface area contributed by atoms with E-state index in [2.05, 4.69) is 193 Å². The van der Waals surface area contributed by atoms with Gasteiger partial charge in [0.2, 0.25) is 0 Å². The summed E-state index contributed by atoms with van der Waals surface area (Å²) in [5, 5.41) is 2.53. The molecule has 1 nitrogen and oxygen atoms in total. The molecule has 2 aliphatic rings. The molecule has 244 valence electrons. The van der Waals surface area contributed by atoms with Crippen LogP contribution in [0.25, 0.3) is 49.7 Å². The van der Waals surface area contributed by atoms with E-state index >= 15 is 0 Å². The SMILES string of the molecule is c1ccc(-c2cccc3c2Sc2c(-c4cccc5c6ccccc6n(-c6ccccc6)c45)cccc2C32c3ccccc3Sc3ccccc32)cc1. The maximum Gasteiger partial charge on any atom is 0.0745 e. The van der Waals surface area contributed by atoms with Crippen LogP contribution in [0.4, 0.5) is 0 Å². The lowest BCUT2D eigenvalue weighted by Gasteiger charge is -2.46. The zero-order valence-corrected chi connectivity index (χ0v) is 29.8. The van der Waals surface area contributed by atoms with Crippen molar-refractivity contribution < 1.29 is 0 Å². The highest BCUT2D eigenvalue weighted by Gasteiger charge is 2.49. The Morgan fingerprint density at radius 1 is 0.365 bits per heavy atom. The molecule has 0 unspecified atom stereocenters. The zero-order chi connectivity index (χ0) is 34.2. The maximum absolute atomic E-state index is 2.47. The molecular weight excluding hydrogens is 667 g/mol. The minimum atomic E-state index is -0.505. The second-order valence-corrected chi connectivity index (χ2v) is 15.7. The van der Waals surface area contributed by atoms with Crippen molar-refractivity contribution in [1.82, 2.24) is 4.57 Å². The van der Waals surface area contributed by atoms with Crippen LogP contribution in [0.3, 0.4) is 0 Å². The minimum Gasteiger partial charge on any atom is -0.309 e. The van der Waals surface area contributed by atoms with Crippen LogP contribution < -0.4 is 0 Å². The number of rotatable bonds is 3. The molecule has 9 aromatic rings. The van der Waals surface area contributed by atoms with Crippen LogP contribution in [0.15, 0.2) is 208 Å². The summed E-state index contributed by atoms with van der Waals surface area (Å²) in [6.07, 6.45) is 0. The molecule has 8 aromatic carbocycles. The Hall–Kier alpha value is -5.74. The van der Waals surface area contributed by atoms with E-state index in [0.29, 0.717) is 0 Å². The van der Waals surface area contributed by atoms with Crippen molar-refractivity contribution in [2.75, 3.05) is 0 Å². The van der Waals surface area contributed by atoms with Crippen molar-refractivity contribution in [2.45, 2.75) is 25.0 Å². The molecule has 1 spiro atoms. The van der Waals surface area contributed by atoms with Crippen LogP contribution in [0, 0.1) is 0 Å². The molecule has 3 heteroatoms. The molecule has 0 bridgehead atoms. The number of aromatic nitrogens is 1. The summed E-state index contributed by atoms with van der Waals surface area (Å²) in [5.41, 5.74) is 13.5. The number of hydrogen-bond acceptors (Lipinski definition) is 2. The maximum atomic E-state index is 2.47. The first-order valence-corrected chi connectivity index (χ1v) is 19.4. The monoisotopic (exact) mass is 697 g/mol. The van der Waals surface area contributed by atoms with E-state index in [1.54, 1.807) is 0 Å². The van der Waals surface area contributed by atoms with E-state index in [-0.39, 0.29) is 0 Å². The Morgan fingerprint density at radius 2 is 0.885 bits per heavy atom. The number of fused-ring (bicyclic) bond motifs is 11. The van der Waals surface area contributed by atoms with E-state index in [1.807, 2.05) is 23.5 Å². The van der Waals surface area contributed by atoms with Crippen molar-refractivity contribution in [1.29, 1.82) is 0 Å². The molecule has 0 fully saturated rings. The molecule has 1 aromatic heterocycles. The minimum absolute atomic E-state index is 0.505. The molecule has 0 amide bonds. The predicted molar refractivity (Wildman–Crippen MR) is 218 cm³/mol. The predicted octanol–water partition coefficient (Wildman–Crippen LogP) is 13.4. The molecule has 52 heavy (non-hydrogen) atoms. The highest BCUT2D eigenvalue weighted by Crippen LogP contribution is 2.64. The molecule has 0 saturated heterocycles. The number of nitrogens with zero attached hydrogens (tertiary/aromatic N) is 1. The average Bonchev–Trinajstić information content (AvgIpc) is 3.56. The fraction of sp³-hybridized carbons (Fsp3) is 0.0204. The van der Waals surface area contributed by atoms with Gasteiger partial charge in [-0.3, -0.25) is 0 Å². The molecule has 2 aliphatic heterocycles. The third-order valence-electron chi connectivity index (χ3n) is 10.9. The molecule has 3 heterocycles. The van der Waals surface area contributed by atoms with Gasteiger partial charge in [-0.25, -0.2) is 0 Å². The largest absolute Gasteiger partial charge is 0.309 e. The normalized spacial score (nSPS) is 13.8. The van der Waals surface area contributed by atoms with E-state index in [1.165, 1.54) is 91.6 Å². The van der Waals surface area contributed by atoms with Crippen LogP contribution in [-0.2, 0) is 5.41 Å². The fourth-order valence-electron chi connectivity index (χ4n) is 8.84. The van der Waals surface area contributed by atoms with E-state index in [4.69, 9.17) is 0 Å². The van der Waals surface area contributed by atoms with Crippen LogP contribution in [0.2, 0.25) is 0 Å². The zero-order valence-electron chi connectivity index (χ0n) is 28.2. The van der Waals surface area contributed by atoms with Gasteiger partial charge in [0, 0.05) is 41.6 Å². The third-order valence-corrected chi connectivity index (χ3v) is 13.4. The van der Waals surface area contributed by atoms with E-state index < -0.39 is 5.41 Å². The van der Waals surface area contributed by atoms with Gasteiger partial charge in [0.15, 0.2) is 0 Å². The number of benzene rings is 8. The van der Waals surface area contributed by atoms with Crippen molar-refractivity contribution in [3.05, 3.63) is 210 Å². The van der Waals surface area contributed by atoms with Gasteiger partial charge < -0.3 is 4.57 Å². The van der Waals surface area contributed by atoms with E-state index in [0.717, 1.165) is 0 Å². The summed E-state index contributed by atoms with van der Waals surface area (Å²) in [5.74, 6) is 0. The summed E-state index contributed by atoms with van der Waals surface area (Å²) in [4.78, 5) is 5.26. The fourth-order valence-corrected chi connectivity index (χ4v) is 11.5. The van der Waals surface area contributed by atoms with Crippen molar-refractivity contribution in [2.24, 2.45) is 0 Å². The number of para-hydroxylation sites is 3. The van der Waals surface area contributed by atoms with Gasteiger partial charge in [0.1, 0.15) is 0 Å². The quantitative estimate of drug-likeness (QED) is 0.181. The smallest absolute Gasteiger partial charge is 0.0745 e. The summed E-state index contributed by atoms with van der Waals surface area (Å²) in [7, 11) is 0. The molecular formula is C49H31NS2. The molecule has 11 rings (SSSR count). The second kappa shape index (κ2) is 11.6. The van der Waals surface area contributed by atoms with Gasteiger partial charge in [0.25, 0.3) is 0 Å². The van der Waals surface area contributed by atoms with Gasteiger partial charge >= 0.3 is 0 Å². The first-order valence-electron chi connectivity index (χ1n) is 17.8. The standard InChI is InChI=1S/C49H31NS2/c1-3-16-32(17-4-1)34-21-14-27-41-47(34)52-48-38(24-15-28-42(48)49(41)39-25-8-11-30-44(39)51-45-31-12-9-26-40(45)49)37-23-13-22-36-35-20-7-10-29-43(35)50(46(36)37)33-18-5-2-6-19-33/h1-31H. The molecule has 0 atom stereocenters. The van der Waals surface area contributed by atoms with Crippen molar-refractivity contribution in [3.63, 3.8) is 0 Å². The summed E-state index contributed by atoms with van der Waals surface area (Å²) < 4.78 is 2.47. The Balaban J connectivity index is 1.30. The van der Waals surface area contributed by atoms with Crippen molar-refractivity contribution in [3.8, 4) is 27.9 Å².